The molecule has 3 nitrogen and oxygen atoms in total. The van der Waals surface area contributed by atoms with Crippen molar-refractivity contribution in [2.75, 3.05) is 0 Å². The Morgan fingerprint density at radius 2 is 1.92 bits per heavy atom. The lowest BCUT2D eigenvalue weighted by atomic mass is 10.0. The van der Waals surface area contributed by atoms with Gasteiger partial charge in [-0.15, -0.1) is 0 Å². The van der Waals surface area contributed by atoms with Crippen LogP contribution in [0.5, 0.6) is 0 Å². The molecule has 0 aliphatic heterocycles. The van der Waals surface area contributed by atoms with Crippen LogP contribution in [-0.4, -0.2) is 12.0 Å². The molecule has 3 rings (SSSR count). The van der Waals surface area contributed by atoms with Crippen molar-refractivity contribution in [3.05, 3.63) is 70.2 Å². The van der Waals surface area contributed by atoms with Gasteiger partial charge in [0.1, 0.15) is 0 Å². The Labute approximate surface area is 154 Å². The van der Waals surface area contributed by atoms with Gasteiger partial charge in [0.05, 0.1) is 18.8 Å². The summed E-state index contributed by atoms with van der Waals surface area (Å²) in [5.41, 5.74) is 2.55. The number of ether oxygens (including phenoxy) is 1. The topological polar surface area (TPSA) is 38.3 Å². The SMILES string of the molecule is C[C@H](NC(=O)c1cc(Cl)ccc1COC1CCCC1)c1ccccc1. The summed E-state index contributed by atoms with van der Waals surface area (Å²) in [6.45, 7) is 2.43. The van der Waals surface area contributed by atoms with E-state index >= 15 is 0 Å². The fraction of sp³-hybridized carbons (Fsp3) is 0.381. The molecular formula is C21H24ClNO2. The molecule has 1 amide bonds. The van der Waals surface area contributed by atoms with E-state index in [1.807, 2.05) is 49.4 Å². The lowest BCUT2D eigenvalue weighted by Crippen LogP contribution is -2.27. The van der Waals surface area contributed by atoms with Crippen LogP contribution in [0.1, 0.15) is 60.1 Å². The number of amides is 1. The Morgan fingerprint density at radius 1 is 1.20 bits per heavy atom. The first-order valence-corrected chi connectivity index (χ1v) is 9.27. The van der Waals surface area contributed by atoms with Crippen molar-refractivity contribution in [1.29, 1.82) is 0 Å². The van der Waals surface area contributed by atoms with Crippen LogP contribution in [0.3, 0.4) is 0 Å². The van der Waals surface area contributed by atoms with E-state index in [-0.39, 0.29) is 11.9 Å². The minimum atomic E-state index is -0.121. The average molecular weight is 358 g/mol. The molecule has 132 valence electrons. The van der Waals surface area contributed by atoms with Gasteiger partial charge in [-0.05, 0) is 43.0 Å². The number of rotatable bonds is 6. The highest BCUT2D eigenvalue weighted by molar-refractivity contribution is 6.31. The number of carbonyl (C=O) groups is 1. The summed E-state index contributed by atoms with van der Waals surface area (Å²) in [6.07, 6.45) is 5.00. The molecule has 0 aromatic heterocycles. The molecule has 1 fully saturated rings. The number of halogens is 1. The second kappa shape index (κ2) is 8.50. The van der Waals surface area contributed by atoms with E-state index in [4.69, 9.17) is 16.3 Å². The van der Waals surface area contributed by atoms with Crippen LogP contribution in [0.15, 0.2) is 48.5 Å². The highest BCUT2D eigenvalue weighted by Gasteiger charge is 2.19. The maximum Gasteiger partial charge on any atom is 0.252 e. The summed E-state index contributed by atoms with van der Waals surface area (Å²) >= 11 is 6.12. The molecule has 2 aromatic carbocycles. The minimum Gasteiger partial charge on any atom is -0.374 e. The fourth-order valence-corrected chi connectivity index (χ4v) is 3.42. The first-order valence-electron chi connectivity index (χ1n) is 8.89. The lowest BCUT2D eigenvalue weighted by Gasteiger charge is -2.17. The van der Waals surface area contributed by atoms with Gasteiger partial charge in [-0.3, -0.25) is 4.79 Å². The van der Waals surface area contributed by atoms with Gasteiger partial charge in [-0.25, -0.2) is 0 Å². The Balaban J connectivity index is 1.70. The van der Waals surface area contributed by atoms with Gasteiger partial charge in [0.2, 0.25) is 0 Å². The van der Waals surface area contributed by atoms with Crippen molar-refractivity contribution < 1.29 is 9.53 Å². The maximum atomic E-state index is 12.8. The Hall–Kier alpha value is -1.84. The molecule has 1 N–H and O–H groups in total. The van der Waals surface area contributed by atoms with Gasteiger partial charge < -0.3 is 10.1 Å². The quantitative estimate of drug-likeness (QED) is 0.762. The third-order valence-electron chi connectivity index (χ3n) is 4.74. The van der Waals surface area contributed by atoms with Gasteiger partial charge in [0, 0.05) is 10.6 Å². The van der Waals surface area contributed by atoms with Gasteiger partial charge in [-0.1, -0.05) is 60.8 Å². The van der Waals surface area contributed by atoms with Crippen molar-refractivity contribution in [3.8, 4) is 0 Å². The monoisotopic (exact) mass is 357 g/mol. The molecule has 0 saturated heterocycles. The van der Waals surface area contributed by atoms with E-state index in [9.17, 15) is 4.79 Å². The summed E-state index contributed by atoms with van der Waals surface area (Å²) in [7, 11) is 0. The Bertz CT molecular complexity index is 711. The standard InChI is InChI=1S/C21H24ClNO2/c1-15(16-7-3-2-4-8-16)23-21(24)20-13-18(22)12-11-17(20)14-25-19-9-5-6-10-19/h2-4,7-8,11-13,15,19H,5-6,9-10,14H2,1H3,(H,23,24)/t15-/m0/s1. The van der Waals surface area contributed by atoms with Crippen LogP contribution in [0, 0.1) is 0 Å². The number of hydrogen-bond donors (Lipinski definition) is 1. The van der Waals surface area contributed by atoms with Crippen LogP contribution in [0.2, 0.25) is 5.02 Å². The van der Waals surface area contributed by atoms with Crippen molar-refractivity contribution in [3.63, 3.8) is 0 Å². The van der Waals surface area contributed by atoms with Crippen LogP contribution < -0.4 is 5.32 Å². The zero-order chi connectivity index (χ0) is 17.6. The summed E-state index contributed by atoms with van der Waals surface area (Å²) in [5, 5.41) is 3.61. The van der Waals surface area contributed by atoms with E-state index in [0.29, 0.717) is 23.3 Å². The summed E-state index contributed by atoms with van der Waals surface area (Å²) in [6, 6.07) is 15.3. The molecule has 1 aliphatic carbocycles. The maximum absolute atomic E-state index is 12.8. The minimum absolute atomic E-state index is 0.0729. The lowest BCUT2D eigenvalue weighted by molar-refractivity contribution is 0.0450. The molecular weight excluding hydrogens is 334 g/mol. The molecule has 0 heterocycles. The number of carbonyl (C=O) groups excluding carboxylic acids is 1. The predicted molar refractivity (Wildman–Crippen MR) is 101 cm³/mol. The number of nitrogens with one attached hydrogen (secondary N) is 1. The summed E-state index contributed by atoms with van der Waals surface area (Å²) < 4.78 is 5.99. The van der Waals surface area contributed by atoms with Crippen molar-refractivity contribution in [2.45, 2.75) is 51.4 Å². The van der Waals surface area contributed by atoms with Crippen molar-refractivity contribution in [2.24, 2.45) is 0 Å². The highest BCUT2D eigenvalue weighted by Crippen LogP contribution is 2.24. The molecule has 0 radical (unpaired) electrons. The molecule has 0 spiro atoms. The molecule has 1 aliphatic rings. The van der Waals surface area contributed by atoms with Crippen LogP contribution >= 0.6 is 11.6 Å². The molecule has 4 heteroatoms. The van der Waals surface area contributed by atoms with E-state index in [2.05, 4.69) is 5.32 Å². The first kappa shape index (κ1) is 18.0. The number of hydrogen-bond acceptors (Lipinski definition) is 2. The highest BCUT2D eigenvalue weighted by atomic mass is 35.5. The largest absolute Gasteiger partial charge is 0.374 e. The van der Waals surface area contributed by atoms with E-state index in [1.54, 1.807) is 6.07 Å². The van der Waals surface area contributed by atoms with Crippen LogP contribution in [0.25, 0.3) is 0 Å². The summed E-state index contributed by atoms with van der Waals surface area (Å²) in [4.78, 5) is 12.8. The molecule has 2 aromatic rings. The summed E-state index contributed by atoms with van der Waals surface area (Å²) in [5.74, 6) is -0.121. The molecule has 25 heavy (non-hydrogen) atoms. The molecule has 0 bridgehead atoms. The zero-order valence-electron chi connectivity index (χ0n) is 14.5. The number of benzene rings is 2. The van der Waals surface area contributed by atoms with Gasteiger partial charge in [0.25, 0.3) is 5.91 Å². The first-order chi connectivity index (χ1) is 12.1. The normalized spacial score (nSPS) is 15.9. The molecule has 0 unspecified atom stereocenters. The molecule has 1 saturated carbocycles. The Morgan fingerprint density at radius 3 is 2.64 bits per heavy atom. The van der Waals surface area contributed by atoms with E-state index in [1.165, 1.54) is 12.8 Å². The van der Waals surface area contributed by atoms with Crippen LogP contribution in [0.4, 0.5) is 0 Å². The van der Waals surface area contributed by atoms with Gasteiger partial charge >= 0.3 is 0 Å². The van der Waals surface area contributed by atoms with Crippen LogP contribution in [-0.2, 0) is 11.3 Å². The third-order valence-corrected chi connectivity index (χ3v) is 4.98. The van der Waals surface area contributed by atoms with Crippen molar-refractivity contribution >= 4 is 17.5 Å². The van der Waals surface area contributed by atoms with E-state index < -0.39 is 0 Å². The molecule has 1 atom stereocenters. The predicted octanol–water partition coefficient (Wildman–Crippen LogP) is 5.29. The average Bonchev–Trinajstić information content (AvgIpc) is 3.15. The van der Waals surface area contributed by atoms with Gasteiger partial charge in [-0.2, -0.15) is 0 Å². The fourth-order valence-electron chi connectivity index (χ4n) is 3.25. The Kier molecular flexibility index (Phi) is 6.11. The van der Waals surface area contributed by atoms with Crippen molar-refractivity contribution in [1.82, 2.24) is 5.32 Å². The second-order valence-electron chi connectivity index (χ2n) is 6.62. The second-order valence-corrected chi connectivity index (χ2v) is 7.06. The third kappa shape index (κ3) is 4.83. The van der Waals surface area contributed by atoms with Gasteiger partial charge in [0.15, 0.2) is 0 Å². The van der Waals surface area contributed by atoms with E-state index in [0.717, 1.165) is 24.0 Å². The zero-order valence-corrected chi connectivity index (χ0v) is 15.3. The smallest absolute Gasteiger partial charge is 0.252 e.